The highest BCUT2D eigenvalue weighted by Crippen LogP contribution is 2.39. The predicted octanol–water partition coefficient (Wildman–Crippen LogP) is 2.88. The Kier molecular flexibility index (Phi) is 4.71. The van der Waals surface area contributed by atoms with E-state index in [1.54, 1.807) is 18.4 Å². The summed E-state index contributed by atoms with van der Waals surface area (Å²) in [6.07, 6.45) is 4.77. The number of aromatic nitrogens is 2. The lowest BCUT2D eigenvalue weighted by atomic mass is 10.2. The van der Waals surface area contributed by atoms with Crippen LogP contribution in [0.5, 0.6) is 11.6 Å². The number of hydrogen-bond acceptors (Lipinski definition) is 6. The number of aryl methyl sites for hydroxylation is 2. The van der Waals surface area contributed by atoms with E-state index >= 15 is 0 Å². The van der Waals surface area contributed by atoms with Gasteiger partial charge in [-0.3, -0.25) is 4.79 Å². The third-order valence-electron chi connectivity index (χ3n) is 4.48. The Labute approximate surface area is 155 Å². The Bertz CT molecular complexity index is 954. The number of thiophene rings is 1. The van der Waals surface area contributed by atoms with Crippen LogP contribution in [0.1, 0.15) is 22.4 Å². The summed E-state index contributed by atoms with van der Waals surface area (Å²) in [4.78, 5) is 23.1. The van der Waals surface area contributed by atoms with Gasteiger partial charge in [-0.15, -0.1) is 11.3 Å². The molecule has 0 unspecified atom stereocenters. The van der Waals surface area contributed by atoms with Crippen molar-refractivity contribution in [2.24, 2.45) is 0 Å². The molecule has 1 N–H and O–H groups in total. The molecule has 1 aromatic carbocycles. The molecule has 0 bridgehead atoms. The molecule has 7 heteroatoms. The highest BCUT2D eigenvalue weighted by atomic mass is 32.1. The van der Waals surface area contributed by atoms with E-state index in [0.29, 0.717) is 12.4 Å². The SMILES string of the molecule is COc1ccccc1CNC(=O)COc1ncnc2sc3c(c12)CCC3. The van der Waals surface area contributed by atoms with Gasteiger partial charge in [0.25, 0.3) is 5.91 Å². The topological polar surface area (TPSA) is 73.3 Å². The lowest BCUT2D eigenvalue weighted by molar-refractivity contribution is -0.123. The Hall–Kier alpha value is -2.67. The van der Waals surface area contributed by atoms with Gasteiger partial charge in [-0.05, 0) is 30.9 Å². The number of methoxy groups -OCH3 is 1. The Balaban J connectivity index is 1.41. The fraction of sp³-hybridized carbons (Fsp3) is 0.316. The number of benzene rings is 1. The summed E-state index contributed by atoms with van der Waals surface area (Å²) in [5, 5.41) is 3.83. The molecule has 0 aliphatic heterocycles. The largest absolute Gasteiger partial charge is 0.496 e. The molecule has 4 rings (SSSR count). The minimum atomic E-state index is -0.199. The van der Waals surface area contributed by atoms with Gasteiger partial charge in [0.15, 0.2) is 6.61 Å². The van der Waals surface area contributed by atoms with Crippen LogP contribution in [-0.4, -0.2) is 29.6 Å². The van der Waals surface area contributed by atoms with Crippen molar-refractivity contribution in [3.63, 3.8) is 0 Å². The summed E-state index contributed by atoms with van der Waals surface area (Å²) in [5.41, 5.74) is 2.21. The summed E-state index contributed by atoms with van der Waals surface area (Å²) >= 11 is 1.70. The maximum absolute atomic E-state index is 12.2. The number of carbonyl (C=O) groups is 1. The minimum Gasteiger partial charge on any atom is -0.496 e. The fourth-order valence-corrected chi connectivity index (χ4v) is 4.46. The van der Waals surface area contributed by atoms with Gasteiger partial charge in [-0.1, -0.05) is 18.2 Å². The smallest absolute Gasteiger partial charge is 0.258 e. The maximum Gasteiger partial charge on any atom is 0.258 e. The highest BCUT2D eigenvalue weighted by Gasteiger charge is 2.22. The van der Waals surface area contributed by atoms with Crippen LogP contribution in [0.2, 0.25) is 0 Å². The van der Waals surface area contributed by atoms with Crippen LogP contribution < -0.4 is 14.8 Å². The van der Waals surface area contributed by atoms with Gasteiger partial charge in [0.1, 0.15) is 16.9 Å². The minimum absolute atomic E-state index is 0.0775. The fourth-order valence-electron chi connectivity index (χ4n) is 3.24. The Morgan fingerprint density at radius 3 is 3.04 bits per heavy atom. The average Bonchev–Trinajstić information content (AvgIpc) is 3.26. The molecule has 0 fully saturated rings. The lowest BCUT2D eigenvalue weighted by Gasteiger charge is -2.10. The van der Waals surface area contributed by atoms with E-state index in [-0.39, 0.29) is 12.5 Å². The predicted molar refractivity (Wildman–Crippen MR) is 99.8 cm³/mol. The van der Waals surface area contributed by atoms with Crippen molar-refractivity contribution in [3.05, 3.63) is 46.6 Å². The first-order valence-corrected chi connectivity index (χ1v) is 9.34. The maximum atomic E-state index is 12.2. The van der Waals surface area contributed by atoms with Crippen LogP contribution in [0.25, 0.3) is 10.2 Å². The molecule has 3 aromatic rings. The molecular weight excluding hydrogens is 350 g/mol. The summed E-state index contributed by atoms with van der Waals surface area (Å²) < 4.78 is 11.0. The number of hydrogen-bond donors (Lipinski definition) is 1. The summed E-state index contributed by atoms with van der Waals surface area (Å²) in [5.74, 6) is 1.05. The van der Waals surface area contributed by atoms with Crippen LogP contribution in [0.15, 0.2) is 30.6 Å². The van der Waals surface area contributed by atoms with Gasteiger partial charge < -0.3 is 14.8 Å². The molecule has 0 radical (unpaired) electrons. The number of amides is 1. The van der Waals surface area contributed by atoms with Crippen molar-refractivity contribution in [2.75, 3.05) is 13.7 Å². The van der Waals surface area contributed by atoms with Gasteiger partial charge in [-0.25, -0.2) is 9.97 Å². The standard InChI is InChI=1S/C19H19N3O3S/c1-24-14-7-3-2-5-12(14)9-20-16(23)10-25-18-17-13-6-4-8-15(13)26-19(17)22-11-21-18/h2-3,5,7,11H,4,6,8-10H2,1H3,(H,20,23). The zero-order chi connectivity index (χ0) is 17.9. The first-order valence-electron chi connectivity index (χ1n) is 8.53. The first kappa shape index (κ1) is 16.8. The molecular formula is C19H19N3O3S. The monoisotopic (exact) mass is 369 g/mol. The van der Waals surface area contributed by atoms with Crippen molar-refractivity contribution in [3.8, 4) is 11.6 Å². The number of ether oxygens (including phenoxy) is 2. The number of nitrogens with zero attached hydrogens (tertiary/aromatic N) is 2. The van der Waals surface area contributed by atoms with E-state index in [9.17, 15) is 4.79 Å². The Morgan fingerprint density at radius 1 is 1.27 bits per heavy atom. The number of fused-ring (bicyclic) bond motifs is 3. The van der Waals surface area contributed by atoms with Crippen LogP contribution in [0.4, 0.5) is 0 Å². The second kappa shape index (κ2) is 7.29. The van der Waals surface area contributed by atoms with Crippen LogP contribution in [0.3, 0.4) is 0 Å². The third kappa shape index (κ3) is 3.22. The molecule has 1 aliphatic rings. The number of carbonyl (C=O) groups excluding carboxylic acids is 1. The Morgan fingerprint density at radius 2 is 2.15 bits per heavy atom. The molecule has 6 nitrogen and oxygen atoms in total. The lowest BCUT2D eigenvalue weighted by Crippen LogP contribution is -2.28. The average molecular weight is 369 g/mol. The molecule has 0 atom stereocenters. The van der Waals surface area contributed by atoms with E-state index < -0.39 is 0 Å². The van der Waals surface area contributed by atoms with Crippen LogP contribution in [-0.2, 0) is 24.2 Å². The quantitative estimate of drug-likeness (QED) is 0.723. The van der Waals surface area contributed by atoms with Gasteiger partial charge in [-0.2, -0.15) is 0 Å². The summed E-state index contributed by atoms with van der Waals surface area (Å²) in [6, 6.07) is 7.59. The second-order valence-electron chi connectivity index (χ2n) is 6.09. The third-order valence-corrected chi connectivity index (χ3v) is 5.67. The van der Waals surface area contributed by atoms with E-state index in [4.69, 9.17) is 9.47 Å². The second-order valence-corrected chi connectivity index (χ2v) is 7.18. The molecule has 0 saturated heterocycles. The van der Waals surface area contributed by atoms with Gasteiger partial charge in [0.2, 0.25) is 5.88 Å². The summed E-state index contributed by atoms with van der Waals surface area (Å²) in [7, 11) is 1.61. The first-order chi connectivity index (χ1) is 12.8. The van der Waals surface area contributed by atoms with Gasteiger partial charge in [0, 0.05) is 17.0 Å². The molecule has 26 heavy (non-hydrogen) atoms. The van der Waals surface area contributed by atoms with E-state index in [1.165, 1.54) is 16.8 Å². The van der Waals surface area contributed by atoms with Crippen LogP contribution >= 0.6 is 11.3 Å². The molecule has 0 spiro atoms. The zero-order valence-electron chi connectivity index (χ0n) is 14.4. The van der Waals surface area contributed by atoms with E-state index in [0.717, 1.165) is 40.8 Å². The number of para-hydroxylation sites is 1. The van der Waals surface area contributed by atoms with Crippen molar-refractivity contribution < 1.29 is 14.3 Å². The molecule has 134 valence electrons. The molecule has 1 amide bonds. The number of nitrogens with one attached hydrogen (secondary N) is 1. The van der Waals surface area contributed by atoms with Crippen molar-refractivity contribution >= 4 is 27.5 Å². The molecule has 2 aromatic heterocycles. The van der Waals surface area contributed by atoms with E-state index in [1.807, 2.05) is 24.3 Å². The zero-order valence-corrected chi connectivity index (χ0v) is 15.3. The van der Waals surface area contributed by atoms with Crippen LogP contribution in [0, 0.1) is 0 Å². The molecule has 0 saturated carbocycles. The number of rotatable bonds is 6. The summed E-state index contributed by atoms with van der Waals surface area (Å²) in [6.45, 7) is 0.311. The van der Waals surface area contributed by atoms with Crippen molar-refractivity contribution in [2.45, 2.75) is 25.8 Å². The molecule has 1 aliphatic carbocycles. The van der Waals surface area contributed by atoms with Gasteiger partial charge in [0.05, 0.1) is 12.5 Å². The van der Waals surface area contributed by atoms with Crippen molar-refractivity contribution in [1.29, 1.82) is 0 Å². The highest BCUT2D eigenvalue weighted by molar-refractivity contribution is 7.18. The normalized spacial score (nSPS) is 12.8. The van der Waals surface area contributed by atoms with Gasteiger partial charge >= 0.3 is 0 Å². The van der Waals surface area contributed by atoms with E-state index in [2.05, 4.69) is 15.3 Å². The van der Waals surface area contributed by atoms with Crippen molar-refractivity contribution in [1.82, 2.24) is 15.3 Å². The molecule has 2 heterocycles.